The van der Waals surface area contributed by atoms with Crippen LogP contribution in [0, 0.1) is 5.41 Å². The lowest BCUT2D eigenvalue weighted by Crippen LogP contribution is -2.43. The molecule has 2 N–H and O–H groups in total. The number of nitrogens with zero attached hydrogens (tertiary/aromatic N) is 1. The highest BCUT2D eigenvalue weighted by Gasteiger charge is 2.25. The molecular formula is C14H28N2O2. The fourth-order valence-electron chi connectivity index (χ4n) is 2.50. The van der Waals surface area contributed by atoms with Crippen LogP contribution in [0.4, 0.5) is 0 Å². The number of carbonyl (C=O) groups is 1. The maximum atomic E-state index is 12.1. The summed E-state index contributed by atoms with van der Waals surface area (Å²) in [5.74, 6) is 0.165. The lowest BCUT2D eigenvalue weighted by atomic mass is 9.87. The molecule has 0 aromatic carbocycles. The van der Waals surface area contributed by atoms with E-state index in [9.17, 15) is 4.79 Å². The zero-order valence-corrected chi connectivity index (χ0v) is 12.2. The second kappa shape index (κ2) is 6.53. The fraction of sp³-hybridized carbons (Fsp3) is 0.929. The van der Waals surface area contributed by atoms with E-state index in [-0.39, 0.29) is 17.4 Å². The first-order chi connectivity index (χ1) is 8.29. The number of nitrogens with two attached hydrogens (primary N) is 1. The lowest BCUT2D eigenvalue weighted by Gasteiger charge is -2.32. The Balaban J connectivity index is 2.39. The Labute approximate surface area is 111 Å². The Hall–Kier alpha value is -0.610. The summed E-state index contributed by atoms with van der Waals surface area (Å²) in [4.78, 5) is 14.0. The summed E-state index contributed by atoms with van der Waals surface area (Å²) in [5, 5.41) is 0. The molecule has 18 heavy (non-hydrogen) atoms. The van der Waals surface area contributed by atoms with Crippen LogP contribution in [0.3, 0.4) is 0 Å². The van der Waals surface area contributed by atoms with Gasteiger partial charge in [0.15, 0.2) is 0 Å². The number of carbonyl (C=O) groups excluding carboxylic acids is 1. The topological polar surface area (TPSA) is 55.6 Å². The molecule has 0 radical (unpaired) electrons. The Bertz CT molecular complexity index is 267. The van der Waals surface area contributed by atoms with Crippen molar-refractivity contribution in [3.8, 4) is 0 Å². The first kappa shape index (κ1) is 15.4. The molecule has 0 bridgehead atoms. The molecule has 1 heterocycles. The average Bonchev–Trinajstić information content (AvgIpc) is 2.26. The van der Waals surface area contributed by atoms with Crippen LogP contribution in [0.15, 0.2) is 0 Å². The van der Waals surface area contributed by atoms with Gasteiger partial charge in [-0.3, -0.25) is 4.79 Å². The second-order valence-electron chi connectivity index (χ2n) is 6.58. The van der Waals surface area contributed by atoms with Gasteiger partial charge in [0.25, 0.3) is 0 Å². The highest BCUT2D eigenvalue weighted by molar-refractivity contribution is 5.76. The van der Waals surface area contributed by atoms with Crippen LogP contribution < -0.4 is 5.73 Å². The van der Waals surface area contributed by atoms with Crippen LogP contribution >= 0.6 is 0 Å². The van der Waals surface area contributed by atoms with E-state index in [1.54, 1.807) is 0 Å². The van der Waals surface area contributed by atoms with E-state index in [0.29, 0.717) is 12.5 Å². The molecule has 4 heteroatoms. The van der Waals surface area contributed by atoms with Crippen molar-refractivity contribution in [3.63, 3.8) is 0 Å². The van der Waals surface area contributed by atoms with Crippen LogP contribution in [-0.2, 0) is 9.53 Å². The minimum absolute atomic E-state index is 0.0419. The number of hydrogen-bond acceptors (Lipinski definition) is 3. The lowest BCUT2D eigenvalue weighted by molar-refractivity contribution is -0.134. The standard InChI is InChI=1S/C14H28N2O2/c1-14(2,3)10-11(15)9-13(17)16(4)12-5-7-18-8-6-12/h11-12H,5-10,15H2,1-4H3. The number of rotatable bonds is 4. The monoisotopic (exact) mass is 256 g/mol. The smallest absolute Gasteiger partial charge is 0.224 e. The summed E-state index contributed by atoms with van der Waals surface area (Å²) in [6, 6.07) is 0.285. The molecule has 1 rings (SSSR count). The van der Waals surface area contributed by atoms with Gasteiger partial charge in [0, 0.05) is 38.8 Å². The van der Waals surface area contributed by atoms with Gasteiger partial charge in [-0.2, -0.15) is 0 Å². The van der Waals surface area contributed by atoms with Gasteiger partial charge in [-0.25, -0.2) is 0 Å². The van der Waals surface area contributed by atoms with E-state index < -0.39 is 0 Å². The van der Waals surface area contributed by atoms with E-state index >= 15 is 0 Å². The Morgan fingerprint density at radius 2 is 1.94 bits per heavy atom. The van der Waals surface area contributed by atoms with Crippen molar-refractivity contribution in [2.24, 2.45) is 11.1 Å². The fourth-order valence-corrected chi connectivity index (χ4v) is 2.50. The van der Waals surface area contributed by atoms with Gasteiger partial charge in [0.2, 0.25) is 5.91 Å². The third kappa shape index (κ3) is 5.36. The first-order valence-electron chi connectivity index (χ1n) is 6.88. The average molecular weight is 256 g/mol. The molecule has 1 unspecified atom stereocenters. The molecule has 1 saturated heterocycles. The molecule has 0 spiro atoms. The summed E-state index contributed by atoms with van der Waals surface area (Å²) >= 11 is 0. The zero-order valence-electron chi connectivity index (χ0n) is 12.2. The molecule has 1 fully saturated rings. The van der Waals surface area contributed by atoms with Crippen molar-refractivity contribution in [1.29, 1.82) is 0 Å². The van der Waals surface area contributed by atoms with Crippen LogP contribution in [0.5, 0.6) is 0 Å². The quantitative estimate of drug-likeness (QED) is 0.834. The summed E-state index contributed by atoms with van der Waals surface area (Å²) in [5.41, 5.74) is 6.23. The van der Waals surface area contributed by atoms with E-state index in [2.05, 4.69) is 20.8 Å². The van der Waals surface area contributed by atoms with Gasteiger partial charge in [-0.1, -0.05) is 20.8 Å². The van der Waals surface area contributed by atoms with Crippen LogP contribution in [0.2, 0.25) is 0 Å². The van der Waals surface area contributed by atoms with Crippen molar-refractivity contribution >= 4 is 5.91 Å². The molecule has 106 valence electrons. The summed E-state index contributed by atoms with van der Waals surface area (Å²) in [7, 11) is 1.89. The van der Waals surface area contributed by atoms with Crippen LogP contribution in [-0.4, -0.2) is 43.2 Å². The normalized spacial score (nSPS) is 19.6. The van der Waals surface area contributed by atoms with Gasteiger partial charge in [-0.05, 0) is 24.7 Å². The summed E-state index contributed by atoms with van der Waals surface area (Å²) in [6.07, 6.45) is 3.21. The highest BCUT2D eigenvalue weighted by Crippen LogP contribution is 2.22. The Morgan fingerprint density at radius 3 is 2.44 bits per heavy atom. The van der Waals surface area contributed by atoms with E-state index in [4.69, 9.17) is 10.5 Å². The third-order valence-electron chi connectivity index (χ3n) is 3.44. The number of amides is 1. The Morgan fingerprint density at radius 1 is 1.39 bits per heavy atom. The third-order valence-corrected chi connectivity index (χ3v) is 3.44. The van der Waals surface area contributed by atoms with Crippen LogP contribution in [0.1, 0.15) is 46.5 Å². The molecule has 1 aliphatic rings. The summed E-state index contributed by atoms with van der Waals surface area (Å²) < 4.78 is 5.31. The zero-order chi connectivity index (χ0) is 13.8. The van der Waals surface area contributed by atoms with Gasteiger partial charge >= 0.3 is 0 Å². The van der Waals surface area contributed by atoms with Crippen molar-refractivity contribution in [2.75, 3.05) is 20.3 Å². The van der Waals surface area contributed by atoms with Crippen LogP contribution in [0.25, 0.3) is 0 Å². The van der Waals surface area contributed by atoms with Crippen molar-refractivity contribution in [3.05, 3.63) is 0 Å². The molecule has 1 atom stereocenters. The SMILES string of the molecule is CN(C(=O)CC(N)CC(C)(C)C)C1CCOCC1. The van der Waals surface area contributed by atoms with E-state index in [1.165, 1.54) is 0 Å². The van der Waals surface area contributed by atoms with E-state index in [0.717, 1.165) is 32.5 Å². The predicted octanol–water partition coefficient (Wildman–Crippen LogP) is 1.78. The first-order valence-corrected chi connectivity index (χ1v) is 6.88. The Kier molecular flexibility index (Phi) is 5.60. The molecule has 0 aromatic heterocycles. The van der Waals surface area contributed by atoms with Crippen molar-refractivity contribution < 1.29 is 9.53 Å². The molecule has 0 saturated carbocycles. The maximum Gasteiger partial charge on any atom is 0.224 e. The number of ether oxygens (including phenoxy) is 1. The molecule has 0 aliphatic carbocycles. The van der Waals surface area contributed by atoms with Gasteiger partial charge in [0.05, 0.1) is 0 Å². The van der Waals surface area contributed by atoms with Gasteiger partial charge in [-0.15, -0.1) is 0 Å². The van der Waals surface area contributed by atoms with Gasteiger partial charge in [0.1, 0.15) is 0 Å². The predicted molar refractivity (Wildman–Crippen MR) is 73.3 cm³/mol. The minimum atomic E-state index is -0.0419. The largest absolute Gasteiger partial charge is 0.381 e. The van der Waals surface area contributed by atoms with Crippen molar-refractivity contribution in [1.82, 2.24) is 4.90 Å². The second-order valence-corrected chi connectivity index (χ2v) is 6.58. The minimum Gasteiger partial charge on any atom is -0.381 e. The molecule has 1 aliphatic heterocycles. The molecule has 0 aromatic rings. The maximum absolute atomic E-state index is 12.1. The number of hydrogen-bond donors (Lipinski definition) is 1. The van der Waals surface area contributed by atoms with E-state index in [1.807, 2.05) is 11.9 Å². The summed E-state index contributed by atoms with van der Waals surface area (Å²) in [6.45, 7) is 7.98. The molecule has 1 amide bonds. The highest BCUT2D eigenvalue weighted by atomic mass is 16.5. The van der Waals surface area contributed by atoms with Gasteiger partial charge < -0.3 is 15.4 Å². The molecule has 4 nitrogen and oxygen atoms in total. The molecular weight excluding hydrogens is 228 g/mol. The van der Waals surface area contributed by atoms with Crippen molar-refractivity contribution in [2.45, 2.75) is 58.5 Å².